The van der Waals surface area contributed by atoms with Crippen molar-refractivity contribution in [2.75, 3.05) is 0 Å². The highest BCUT2D eigenvalue weighted by Gasteiger charge is 2.16. The molecular formula is C28H25NO. The molecule has 0 bridgehead atoms. The molecule has 30 heavy (non-hydrogen) atoms. The van der Waals surface area contributed by atoms with E-state index in [2.05, 4.69) is 11.1 Å². The van der Waals surface area contributed by atoms with Gasteiger partial charge in [-0.1, -0.05) is 42.0 Å². The lowest BCUT2D eigenvalue weighted by Gasteiger charge is -2.12. The van der Waals surface area contributed by atoms with Gasteiger partial charge in [0.15, 0.2) is 0 Å². The average molecular weight is 401 g/mol. The molecule has 2 aromatic heterocycles. The topological polar surface area (TPSA) is 26.0 Å². The van der Waals surface area contributed by atoms with Gasteiger partial charge in [0, 0.05) is 34.9 Å². The van der Waals surface area contributed by atoms with E-state index in [-0.39, 0.29) is 27.8 Å². The summed E-state index contributed by atoms with van der Waals surface area (Å²) in [6.45, 7) is -3.82. The van der Waals surface area contributed by atoms with Gasteiger partial charge < -0.3 is 4.42 Å². The second kappa shape index (κ2) is 6.84. The number of aromatic nitrogens is 1. The van der Waals surface area contributed by atoms with Gasteiger partial charge in [0.25, 0.3) is 0 Å². The van der Waals surface area contributed by atoms with Crippen LogP contribution in [0, 0.1) is 34.4 Å². The number of benzene rings is 3. The highest BCUT2D eigenvalue weighted by atomic mass is 16.3. The molecule has 0 unspecified atom stereocenters. The SMILES string of the molecule is [2H]C([2H])([2H])c1ccc(-c2cc(-c3cccc4c3oc3cc(C)cc(C)c34)ncc2C([2H])([2H])[2H])c(C([2H])([2H])[2H])c1. The minimum atomic E-state index is -2.69. The lowest BCUT2D eigenvalue weighted by molar-refractivity contribution is 0.669. The summed E-state index contributed by atoms with van der Waals surface area (Å²) in [4.78, 5) is 4.46. The third-order valence-corrected chi connectivity index (χ3v) is 5.43. The van der Waals surface area contributed by atoms with Crippen LogP contribution in [0.1, 0.15) is 40.2 Å². The van der Waals surface area contributed by atoms with E-state index in [9.17, 15) is 0 Å². The number of pyridine rings is 1. The number of rotatable bonds is 2. The van der Waals surface area contributed by atoms with E-state index in [4.69, 9.17) is 16.8 Å². The summed E-state index contributed by atoms with van der Waals surface area (Å²) in [6, 6.07) is 15.0. The molecule has 3 aromatic carbocycles. The molecule has 2 nitrogen and oxygen atoms in total. The number of aryl methyl sites for hydroxylation is 5. The van der Waals surface area contributed by atoms with E-state index in [0.717, 1.165) is 33.5 Å². The van der Waals surface area contributed by atoms with Gasteiger partial charge in [0.2, 0.25) is 0 Å². The normalized spacial score (nSPS) is 17.2. The molecule has 5 rings (SSSR count). The molecule has 0 amide bonds. The van der Waals surface area contributed by atoms with E-state index in [1.807, 2.05) is 38.1 Å². The van der Waals surface area contributed by atoms with Crippen LogP contribution in [0.25, 0.3) is 44.3 Å². The zero-order chi connectivity index (χ0) is 28.5. The number of para-hydroxylation sites is 1. The smallest absolute Gasteiger partial charge is 0.144 e. The molecule has 0 saturated carbocycles. The van der Waals surface area contributed by atoms with Crippen molar-refractivity contribution in [3.8, 4) is 22.4 Å². The van der Waals surface area contributed by atoms with Gasteiger partial charge in [0.1, 0.15) is 11.2 Å². The maximum Gasteiger partial charge on any atom is 0.144 e. The summed E-state index contributed by atoms with van der Waals surface area (Å²) in [6.07, 6.45) is 1.23. The van der Waals surface area contributed by atoms with Crippen molar-refractivity contribution in [2.45, 2.75) is 34.4 Å². The van der Waals surface area contributed by atoms with E-state index < -0.39 is 20.6 Å². The Morgan fingerprint density at radius 2 is 1.63 bits per heavy atom. The van der Waals surface area contributed by atoms with Gasteiger partial charge in [-0.15, -0.1) is 0 Å². The first-order chi connectivity index (χ1) is 18.1. The average Bonchev–Trinajstić information content (AvgIpc) is 3.20. The second-order valence-electron chi connectivity index (χ2n) is 7.61. The molecule has 0 aliphatic carbocycles. The Bertz CT molecular complexity index is 1740. The van der Waals surface area contributed by atoms with Gasteiger partial charge in [-0.2, -0.15) is 0 Å². The molecule has 0 saturated heterocycles. The van der Waals surface area contributed by atoms with Crippen molar-refractivity contribution < 1.29 is 16.8 Å². The lowest BCUT2D eigenvalue weighted by atomic mass is 9.94. The van der Waals surface area contributed by atoms with E-state index >= 15 is 0 Å². The van der Waals surface area contributed by atoms with Crippen LogP contribution in [-0.4, -0.2) is 4.98 Å². The van der Waals surface area contributed by atoms with Crippen molar-refractivity contribution in [1.82, 2.24) is 4.98 Å². The Morgan fingerprint density at radius 3 is 2.47 bits per heavy atom. The standard InChI is InChI=1S/C28H25NO/c1-16-9-10-21(18(3)11-16)24-14-25(29-15-20(24)5)22-7-6-8-23-27-19(4)12-17(2)13-26(27)30-28(22)23/h6-15H,1-5H3/i1D3,3D3,5D3. The van der Waals surface area contributed by atoms with Crippen LogP contribution in [0.2, 0.25) is 0 Å². The molecule has 0 aliphatic heterocycles. The fraction of sp³-hybridized carbons (Fsp3) is 0.179. The molecule has 0 atom stereocenters. The number of fused-ring (bicyclic) bond motifs is 3. The summed E-state index contributed by atoms with van der Waals surface area (Å²) in [5, 5.41) is 1.86. The minimum absolute atomic E-state index is 0.112. The Kier molecular flexibility index (Phi) is 2.54. The fourth-order valence-corrected chi connectivity index (χ4v) is 4.11. The quantitative estimate of drug-likeness (QED) is 0.301. The molecule has 148 valence electrons. The van der Waals surface area contributed by atoms with Crippen molar-refractivity contribution in [3.63, 3.8) is 0 Å². The molecule has 0 N–H and O–H groups in total. The highest BCUT2D eigenvalue weighted by Crippen LogP contribution is 2.38. The largest absolute Gasteiger partial charge is 0.455 e. The first-order valence-electron chi connectivity index (χ1n) is 14.1. The summed E-state index contributed by atoms with van der Waals surface area (Å²) >= 11 is 0. The zero-order valence-corrected chi connectivity index (χ0v) is 16.6. The van der Waals surface area contributed by atoms with Crippen LogP contribution in [0.3, 0.4) is 0 Å². The molecule has 2 heteroatoms. The third kappa shape index (κ3) is 2.91. The zero-order valence-electron chi connectivity index (χ0n) is 25.6. The van der Waals surface area contributed by atoms with Crippen LogP contribution in [0.5, 0.6) is 0 Å². The van der Waals surface area contributed by atoms with Gasteiger partial charge in [-0.25, -0.2) is 0 Å². The van der Waals surface area contributed by atoms with Crippen molar-refractivity contribution in [1.29, 1.82) is 0 Å². The van der Waals surface area contributed by atoms with Gasteiger partial charge in [-0.3, -0.25) is 4.98 Å². The summed E-state index contributed by atoms with van der Waals surface area (Å²) in [5.41, 5.74) is 4.17. The lowest BCUT2D eigenvalue weighted by Crippen LogP contribution is -1.92. The Hall–Kier alpha value is -3.39. The molecule has 0 aliphatic rings. The molecule has 5 aromatic rings. The molecule has 0 radical (unpaired) electrons. The summed E-state index contributed by atoms with van der Waals surface area (Å²) < 4.78 is 78.0. The third-order valence-electron chi connectivity index (χ3n) is 5.43. The predicted molar refractivity (Wildman–Crippen MR) is 126 cm³/mol. The van der Waals surface area contributed by atoms with E-state index in [0.29, 0.717) is 16.8 Å². The minimum Gasteiger partial charge on any atom is -0.455 e. The van der Waals surface area contributed by atoms with Crippen LogP contribution < -0.4 is 0 Å². The monoisotopic (exact) mass is 400 g/mol. The van der Waals surface area contributed by atoms with Gasteiger partial charge in [-0.05, 0) is 86.0 Å². The Balaban J connectivity index is 1.81. The second-order valence-corrected chi connectivity index (χ2v) is 7.61. The number of hydrogen-bond donors (Lipinski definition) is 0. The molecule has 0 fully saturated rings. The first kappa shape index (κ1) is 11.1. The molecule has 0 spiro atoms. The van der Waals surface area contributed by atoms with Crippen LogP contribution in [0.4, 0.5) is 0 Å². The van der Waals surface area contributed by atoms with Crippen LogP contribution in [-0.2, 0) is 0 Å². The van der Waals surface area contributed by atoms with Crippen molar-refractivity contribution in [3.05, 3.63) is 88.6 Å². The van der Waals surface area contributed by atoms with Crippen molar-refractivity contribution in [2.24, 2.45) is 0 Å². The van der Waals surface area contributed by atoms with E-state index in [1.165, 1.54) is 18.3 Å². The first-order valence-corrected chi connectivity index (χ1v) is 9.64. The van der Waals surface area contributed by atoms with E-state index in [1.54, 1.807) is 6.07 Å². The summed E-state index contributed by atoms with van der Waals surface area (Å²) in [7, 11) is 0. The maximum atomic E-state index is 8.10. The molecular weight excluding hydrogens is 366 g/mol. The van der Waals surface area contributed by atoms with Crippen molar-refractivity contribution >= 4 is 21.9 Å². The number of furan rings is 1. The maximum absolute atomic E-state index is 8.10. The van der Waals surface area contributed by atoms with Gasteiger partial charge >= 0.3 is 0 Å². The van der Waals surface area contributed by atoms with Crippen LogP contribution >= 0.6 is 0 Å². The van der Waals surface area contributed by atoms with Gasteiger partial charge in [0.05, 0.1) is 5.69 Å². The predicted octanol–water partition coefficient (Wildman–Crippen LogP) is 7.86. The summed E-state index contributed by atoms with van der Waals surface area (Å²) in [5.74, 6) is 0. The Labute approximate surface area is 189 Å². The highest BCUT2D eigenvalue weighted by molar-refractivity contribution is 6.10. The molecule has 2 heterocycles. The van der Waals surface area contributed by atoms with Crippen LogP contribution in [0.15, 0.2) is 65.2 Å². The fourth-order valence-electron chi connectivity index (χ4n) is 4.11. The number of nitrogens with zero attached hydrogens (tertiary/aromatic N) is 1. The number of hydrogen-bond acceptors (Lipinski definition) is 2. The Morgan fingerprint density at radius 1 is 0.767 bits per heavy atom.